The van der Waals surface area contributed by atoms with Crippen molar-refractivity contribution >= 4 is 28.9 Å². The summed E-state index contributed by atoms with van der Waals surface area (Å²) in [4.78, 5) is 18.5. The van der Waals surface area contributed by atoms with Crippen LogP contribution >= 0.6 is 12.2 Å². The van der Waals surface area contributed by atoms with E-state index in [1.807, 2.05) is 9.80 Å². The van der Waals surface area contributed by atoms with Gasteiger partial charge in [-0.3, -0.25) is 4.79 Å². The molecule has 1 aromatic rings. The number of nitrogens with one attached hydrogen (secondary N) is 1. The number of alkyl halides is 3. The number of thiocarbonyl (C=S) groups is 1. The maximum atomic E-state index is 13.0. The number of amides is 1. The van der Waals surface area contributed by atoms with Crippen molar-refractivity contribution in [1.29, 1.82) is 0 Å². The molecule has 0 spiro atoms. The zero-order valence-electron chi connectivity index (χ0n) is 18.3. The first-order valence-corrected chi connectivity index (χ1v) is 11.2. The molecule has 31 heavy (non-hydrogen) atoms. The number of rotatable bonds is 5. The molecule has 2 aliphatic rings. The largest absolute Gasteiger partial charge is 0.416 e. The topological polar surface area (TPSA) is 38.8 Å². The molecule has 1 N–H and O–H groups in total. The van der Waals surface area contributed by atoms with Crippen LogP contribution in [0.25, 0.3) is 0 Å². The minimum Gasteiger partial charge on any atom is -0.368 e. The molecule has 2 saturated heterocycles. The van der Waals surface area contributed by atoms with Gasteiger partial charge in [0.05, 0.1) is 5.56 Å². The maximum absolute atomic E-state index is 13.0. The van der Waals surface area contributed by atoms with E-state index < -0.39 is 11.7 Å². The van der Waals surface area contributed by atoms with E-state index in [-0.39, 0.29) is 11.4 Å². The Balaban J connectivity index is 1.45. The summed E-state index contributed by atoms with van der Waals surface area (Å²) in [5.41, 5.74) is -0.113. The van der Waals surface area contributed by atoms with E-state index in [0.29, 0.717) is 44.3 Å². The summed E-state index contributed by atoms with van der Waals surface area (Å²) in [7, 11) is 0. The summed E-state index contributed by atoms with van der Waals surface area (Å²) >= 11 is 5.49. The lowest BCUT2D eigenvalue weighted by atomic mass is 9.93. The molecule has 0 aromatic heterocycles. The Morgan fingerprint density at radius 1 is 1.23 bits per heavy atom. The third-order valence-electron chi connectivity index (χ3n) is 6.00. The zero-order valence-corrected chi connectivity index (χ0v) is 19.2. The Kier molecular flexibility index (Phi) is 7.03. The van der Waals surface area contributed by atoms with Crippen LogP contribution in [0.1, 0.15) is 45.6 Å². The molecule has 5 nitrogen and oxygen atoms in total. The molecule has 0 bridgehead atoms. The predicted octanol–water partition coefficient (Wildman–Crippen LogP) is 3.88. The van der Waals surface area contributed by atoms with Crippen molar-refractivity contribution in [3.8, 4) is 0 Å². The van der Waals surface area contributed by atoms with Crippen molar-refractivity contribution in [3.63, 3.8) is 0 Å². The number of hydrogen-bond donors (Lipinski definition) is 1. The lowest BCUT2D eigenvalue weighted by Crippen LogP contribution is -2.60. The van der Waals surface area contributed by atoms with Crippen LogP contribution in [0, 0.1) is 0 Å². The molecule has 2 fully saturated rings. The number of benzene rings is 1. The Bertz CT molecular complexity index is 806. The van der Waals surface area contributed by atoms with Gasteiger partial charge in [0, 0.05) is 56.4 Å². The Hall–Kier alpha value is -2.03. The monoisotopic (exact) mass is 456 g/mol. The van der Waals surface area contributed by atoms with Crippen molar-refractivity contribution in [2.24, 2.45) is 0 Å². The van der Waals surface area contributed by atoms with Gasteiger partial charge in [0.15, 0.2) is 5.11 Å². The molecule has 0 radical (unpaired) electrons. The van der Waals surface area contributed by atoms with Crippen LogP contribution in [0.5, 0.6) is 0 Å². The summed E-state index contributed by atoms with van der Waals surface area (Å²) in [5, 5.41) is 4.10. The first-order valence-electron chi connectivity index (χ1n) is 10.7. The third kappa shape index (κ3) is 6.02. The van der Waals surface area contributed by atoms with Crippen LogP contribution < -0.4 is 10.2 Å². The fourth-order valence-corrected chi connectivity index (χ4v) is 4.98. The predicted molar refractivity (Wildman–Crippen MR) is 120 cm³/mol. The Morgan fingerprint density at radius 2 is 1.90 bits per heavy atom. The van der Waals surface area contributed by atoms with Gasteiger partial charge in [0.1, 0.15) is 0 Å². The van der Waals surface area contributed by atoms with Crippen LogP contribution in [0.15, 0.2) is 24.3 Å². The fraction of sp³-hybridized carbons (Fsp3) is 0.636. The van der Waals surface area contributed by atoms with Crippen molar-refractivity contribution in [2.45, 2.75) is 57.8 Å². The second-order valence-electron chi connectivity index (χ2n) is 9.08. The Labute approximate surface area is 187 Å². The van der Waals surface area contributed by atoms with Gasteiger partial charge in [-0.25, -0.2) is 0 Å². The van der Waals surface area contributed by atoms with E-state index in [4.69, 9.17) is 12.2 Å². The standard InChI is InChI=1S/C22H31F3N4OS/c1-16-15-21(2,3)26-20(31)29(16)9-5-8-19(30)28-12-10-27(11-13-28)18-7-4-6-17(14-18)22(23,24)25/h4,6-7,14,16H,5,8-13,15H2,1-3H3,(H,26,31)/t16-/m1/s1. The number of anilines is 1. The molecule has 1 atom stereocenters. The smallest absolute Gasteiger partial charge is 0.368 e. The van der Waals surface area contributed by atoms with Gasteiger partial charge in [-0.2, -0.15) is 13.2 Å². The first kappa shape index (κ1) is 23.6. The molecular formula is C22H31F3N4OS. The number of carbonyl (C=O) groups is 1. The van der Waals surface area contributed by atoms with Gasteiger partial charge in [0.2, 0.25) is 5.91 Å². The summed E-state index contributed by atoms with van der Waals surface area (Å²) in [6, 6.07) is 5.70. The number of piperazine rings is 1. The Morgan fingerprint density at radius 3 is 2.52 bits per heavy atom. The van der Waals surface area contributed by atoms with Gasteiger partial charge in [-0.15, -0.1) is 0 Å². The van der Waals surface area contributed by atoms with Gasteiger partial charge in [0.25, 0.3) is 0 Å². The summed E-state index contributed by atoms with van der Waals surface area (Å²) < 4.78 is 38.9. The number of carbonyl (C=O) groups excluding carboxylic acids is 1. The normalized spacial score (nSPS) is 21.8. The minimum atomic E-state index is -4.35. The average molecular weight is 457 g/mol. The van der Waals surface area contributed by atoms with Crippen molar-refractivity contribution in [1.82, 2.24) is 15.1 Å². The summed E-state index contributed by atoms with van der Waals surface area (Å²) in [5.74, 6) is 0.0903. The van der Waals surface area contributed by atoms with Gasteiger partial charge in [-0.1, -0.05) is 6.07 Å². The van der Waals surface area contributed by atoms with E-state index in [9.17, 15) is 18.0 Å². The lowest BCUT2D eigenvalue weighted by Gasteiger charge is -2.45. The van der Waals surface area contributed by atoms with E-state index >= 15 is 0 Å². The highest BCUT2D eigenvalue weighted by Crippen LogP contribution is 2.32. The molecule has 9 heteroatoms. The van der Waals surface area contributed by atoms with E-state index in [2.05, 4.69) is 31.0 Å². The number of nitrogens with zero attached hydrogens (tertiary/aromatic N) is 3. The first-order chi connectivity index (χ1) is 14.5. The molecule has 3 rings (SSSR count). The molecule has 172 valence electrons. The number of hydrogen-bond acceptors (Lipinski definition) is 3. The van der Waals surface area contributed by atoms with Crippen LogP contribution in [0.4, 0.5) is 18.9 Å². The second-order valence-corrected chi connectivity index (χ2v) is 9.47. The molecule has 1 aromatic carbocycles. The maximum Gasteiger partial charge on any atom is 0.416 e. The molecular weight excluding hydrogens is 425 g/mol. The molecule has 0 unspecified atom stereocenters. The van der Waals surface area contributed by atoms with E-state index in [0.717, 1.165) is 30.6 Å². The SMILES string of the molecule is C[C@@H]1CC(C)(C)NC(=S)N1CCCC(=O)N1CCN(c2cccc(C(F)(F)F)c2)CC1. The molecule has 2 aliphatic heterocycles. The van der Waals surface area contributed by atoms with Crippen molar-refractivity contribution in [2.75, 3.05) is 37.6 Å². The van der Waals surface area contributed by atoms with Gasteiger partial charge < -0.3 is 20.0 Å². The fourth-order valence-electron chi connectivity index (χ4n) is 4.43. The highest BCUT2D eigenvalue weighted by Gasteiger charge is 2.33. The van der Waals surface area contributed by atoms with Crippen molar-refractivity contribution in [3.05, 3.63) is 29.8 Å². The van der Waals surface area contributed by atoms with E-state index in [1.54, 1.807) is 6.07 Å². The van der Waals surface area contributed by atoms with Crippen LogP contribution in [-0.4, -0.2) is 65.1 Å². The zero-order chi connectivity index (χ0) is 22.8. The molecule has 0 saturated carbocycles. The van der Waals surface area contributed by atoms with Crippen LogP contribution in [0.3, 0.4) is 0 Å². The van der Waals surface area contributed by atoms with Gasteiger partial charge in [-0.05, 0) is 64.0 Å². The highest BCUT2D eigenvalue weighted by atomic mass is 32.1. The molecule has 2 heterocycles. The minimum absolute atomic E-state index is 0.0118. The second kappa shape index (κ2) is 9.22. The third-order valence-corrected chi connectivity index (χ3v) is 6.34. The van der Waals surface area contributed by atoms with Crippen LogP contribution in [0.2, 0.25) is 0 Å². The molecule has 1 amide bonds. The van der Waals surface area contributed by atoms with Crippen LogP contribution in [-0.2, 0) is 11.0 Å². The highest BCUT2D eigenvalue weighted by molar-refractivity contribution is 7.80. The summed E-state index contributed by atoms with van der Waals surface area (Å²) in [6.45, 7) is 9.25. The quantitative estimate of drug-likeness (QED) is 0.681. The van der Waals surface area contributed by atoms with Crippen molar-refractivity contribution < 1.29 is 18.0 Å². The average Bonchev–Trinajstić information content (AvgIpc) is 2.68. The summed E-state index contributed by atoms with van der Waals surface area (Å²) in [6.07, 6.45) is -2.20. The molecule has 0 aliphatic carbocycles. The number of halogens is 3. The lowest BCUT2D eigenvalue weighted by molar-refractivity contribution is -0.137. The van der Waals surface area contributed by atoms with E-state index in [1.165, 1.54) is 12.1 Å². The van der Waals surface area contributed by atoms with Gasteiger partial charge >= 0.3 is 6.18 Å².